The van der Waals surface area contributed by atoms with Crippen molar-refractivity contribution >= 4 is 68.0 Å². The molecule has 0 aliphatic carbocycles. The van der Waals surface area contributed by atoms with Crippen LogP contribution in [0.4, 0.5) is 5.69 Å². The van der Waals surface area contributed by atoms with Gasteiger partial charge in [0.15, 0.2) is 0 Å². The van der Waals surface area contributed by atoms with Crippen molar-refractivity contribution < 1.29 is 13.2 Å². The molecule has 0 bridgehead atoms. The lowest BCUT2D eigenvalue weighted by atomic mass is 10.3. The highest BCUT2D eigenvalue weighted by atomic mass is 35.5. The van der Waals surface area contributed by atoms with E-state index in [2.05, 4.69) is 5.32 Å². The van der Waals surface area contributed by atoms with Gasteiger partial charge in [-0.25, -0.2) is 8.42 Å². The molecular formula is C18H17Cl4N3O3S. The first kappa shape index (κ1) is 22.6. The fourth-order valence-corrected chi connectivity index (χ4v) is 5.44. The Bertz CT molecular complexity index is 1030. The van der Waals surface area contributed by atoms with Crippen LogP contribution in [-0.4, -0.2) is 56.3 Å². The second-order valence-corrected chi connectivity index (χ2v) is 9.94. The molecule has 1 saturated heterocycles. The van der Waals surface area contributed by atoms with Crippen molar-refractivity contribution in [3.05, 3.63) is 56.5 Å². The van der Waals surface area contributed by atoms with E-state index < -0.39 is 10.0 Å². The van der Waals surface area contributed by atoms with Crippen molar-refractivity contribution in [2.24, 2.45) is 0 Å². The van der Waals surface area contributed by atoms with E-state index in [4.69, 9.17) is 46.4 Å². The summed E-state index contributed by atoms with van der Waals surface area (Å²) in [6.07, 6.45) is 0. The molecule has 0 unspecified atom stereocenters. The molecule has 1 N–H and O–H groups in total. The summed E-state index contributed by atoms with van der Waals surface area (Å²) in [5, 5.41) is 3.76. The third-order valence-corrected chi connectivity index (χ3v) is 7.87. The van der Waals surface area contributed by atoms with Crippen molar-refractivity contribution in [2.75, 3.05) is 38.0 Å². The SMILES string of the molecule is O=C(CN1CCN(S(=O)(=O)c2cc(Cl)ccc2Cl)CC1)Nc1cccc(Cl)c1Cl. The highest BCUT2D eigenvalue weighted by Crippen LogP contribution is 2.30. The maximum atomic E-state index is 12.9. The normalized spacial score (nSPS) is 16.0. The molecule has 1 aliphatic rings. The van der Waals surface area contributed by atoms with Crippen LogP contribution in [0.1, 0.15) is 0 Å². The summed E-state index contributed by atoms with van der Waals surface area (Å²) in [6.45, 7) is 1.36. The Kier molecular flexibility index (Phi) is 7.32. The van der Waals surface area contributed by atoms with E-state index in [-0.39, 0.29) is 40.5 Å². The molecule has 0 saturated carbocycles. The molecule has 0 spiro atoms. The molecule has 2 aromatic carbocycles. The van der Waals surface area contributed by atoms with Gasteiger partial charge >= 0.3 is 0 Å². The van der Waals surface area contributed by atoms with Crippen molar-refractivity contribution in [1.82, 2.24) is 9.21 Å². The zero-order valence-electron chi connectivity index (χ0n) is 15.0. The highest BCUT2D eigenvalue weighted by molar-refractivity contribution is 7.89. The predicted octanol–water partition coefficient (Wildman–Crippen LogP) is 4.25. The number of benzene rings is 2. The molecule has 6 nitrogen and oxygen atoms in total. The zero-order chi connectivity index (χ0) is 21.2. The molecule has 2 aromatic rings. The van der Waals surface area contributed by atoms with Crippen molar-refractivity contribution in [3.63, 3.8) is 0 Å². The number of amides is 1. The number of hydrogen-bond acceptors (Lipinski definition) is 4. The minimum Gasteiger partial charge on any atom is -0.324 e. The second-order valence-electron chi connectivity index (χ2n) is 6.40. The third-order valence-electron chi connectivity index (χ3n) is 4.44. The molecule has 1 heterocycles. The number of hydrogen-bond donors (Lipinski definition) is 1. The Morgan fingerprint density at radius 2 is 1.66 bits per heavy atom. The highest BCUT2D eigenvalue weighted by Gasteiger charge is 2.30. The number of nitrogens with one attached hydrogen (secondary N) is 1. The van der Waals surface area contributed by atoms with Gasteiger partial charge in [0.25, 0.3) is 0 Å². The zero-order valence-corrected chi connectivity index (χ0v) is 18.9. The van der Waals surface area contributed by atoms with E-state index in [1.807, 2.05) is 4.90 Å². The summed E-state index contributed by atoms with van der Waals surface area (Å²) >= 11 is 24.0. The van der Waals surface area contributed by atoms with Gasteiger partial charge in [-0.2, -0.15) is 4.31 Å². The van der Waals surface area contributed by atoms with E-state index in [9.17, 15) is 13.2 Å². The van der Waals surface area contributed by atoms with Crippen LogP contribution in [0.5, 0.6) is 0 Å². The number of carbonyl (C=O) groups is 1. The van der Waals surface area contributed by atoms with Crippen LogP contribution in [-0.2, 0) is 14.8 Å². The van der Waals surface area contributed by atoms with Gasteiger partial charge in [-0.3, -0.25) is 9.69 Å². The largest absolute Gasteiger partial charge is 0.324 e. The predicted molar refractivity (Wildman–Crippen MR) is 117 cm³/mol. The fraction of sp³-hybridized carbons (Fsp3) is 0.278. The van der Waals surface area contributed by atoms with Gasteiger partial charge in [0, 0.05) is 31.2 Å². The Morgan fingerprint density at radius 1 is 0.966 bits per heavy atom. The molecule has 11 heteroatoms. The monoisotopic (exact) mass is 495 g/mol. The van der Waals surface area contributed by atoms with Crippen LogP contribution >= 0.6 is 46.4 Å². The number of anilines is 1. The minimum absolute atomic E-state index is 0.0199. The fourth-order valence-electron chi connectivity index (χ4n) is 2.94. The van der Waals surface area contributed by atoms with Gasteiger partial charge in [0.2, 0.25) is 15.9 Å². The van der Waals surface area contributed by atoms with Gasteiger partial charge in [0.05, 0.1) is 27.3 Å². The van der Waals surface area contributed by atoms with Gasteiger partial charge < -0.3 is 5.32 Å². The van der Waals surface area contributed by atoms with Gasteiger partial charge in [-0.05, 0) is 30.3 Å². The number of sulfonamides is 1. The molecule has 1 amide bonds. The van der Waals surface area contributed by atoms with Crippen LogP contribution in [0, 0.1) is 0 Å². The van der Waals surface area contributed by atoms with Gasteiger partial charge in [0.1, 0.15) is 4.90 Å². The van der Waals surface area contributed by atoms with Crippen molar-refractivity contribution in [3.8, 4) is 0 Å². The van der Waals surface area contributed by atoms with E-state index in [1.165, 1.54) is 22.5 Å². The molecule has 3 rings (SSSR count). The molecule has 0 radical (unpaired) electrons. The number of piperazine rings is 1. The maximum Gasteiger partial charge on any atom is 0.244 e. The van der Waals surface area contributed by atoms with Crippen LogP contribution in [0.15, 0.2) is 41.3 Å². The summed E-state index contributed by atoms with van der Waals surface area (Å²) in [6, 6.07) is 9.31. The first-order valence-electron chi connectivity index (χ1n) is 8.60. The number of rotatable bonds is 5. The maximum absolute atomic E-state index is 12.9. The average Bonchev–Trinajstić information content (AvgIpc) is 2.67. The summed E-state index contributed by atoms with van der Waals surface area (Å²) in [5.41, 5.74) is 0.431. The smallest absolute Gasteiger partial charge is 0.244 e. The minimum atomic E-state index is -3.77. The molecule has 1 aliphatic heterocycles. The molecule has 0 atom stereocenters. The summed E-state index contributed by atoms with van der Waals surface area (Å²) in [4.78, 5) is 14.1. The van der Waals surface area contributed by atoms with E-state index in [0.29, 0.717) is 28.8 Å². The standard InChI is InChI=1S/C18H17Cl4N3O3S/c19-12-4-5-13(20)16(10-12)29(27,28)25-8-6-24(7-9-25)11-17(26)23-15-3-1-2-14(21)18(15)22/h1-5,10H,6-9,11H2,(H,23,26). The lowest BCUT2D eigenvalue weighted by molar-refractivity contribution is -0.117. The Labute approximate surface area is 189 Å². The van der Waals surface area contributed by atoms with Crippen molar-refractivity contribution in [2.45, 2.75) is 4.90 Å². The lowest BCUT2D eigenvalue weighted by Gasteiger charge is -2.33. The molecule has 1 fully saturated rings. The topological polar surface area (TPSA) is 69.7 Å². The Balaban J connectivity index is 1.59. The average molecular weight is 497 g/mol. The molecule has 156 valence electrons. The summed E-state index contributed by atoms with van der Waals surface area (Å²) in [5.74, 6) is -0.261. The summed E-state index contributed by atoms with van der Waals surface area (Å²) in [7, 11) is -3.77. The number of halogens is 4. The number of nitrogens with zero attached hydrogens (tertiary/aromatic N) is 2. The van der Waals surface area contributed by atoms with E-state index >= 15 is 0 Å². The first-order valence-corrected chi connectivity index (χ1v) is 11.5. The van der Waals surface area contributed by atoms with Crippen molar-refractivity contribution in [1.29, 1.82) is 0 Å². The van der Waals surface area contributed by atoms with Crippen LogP contribution < -0.4 is 5.32 Å². The number of carbonyl (C=O) groups excluding carboxylic acids is 1. The van der Waals surface area contributed by atoms with E-state index in [1.54, 1.807) is 18.2 Å². The molecular weight excluding hydrogens is 480 g/mol. The molecule has 29 heavy (non-hydrogen) atoms. The Morgan fingerprint density at radius 3 is 2.34 bits per heavy atom. The van der Waals surface area contributed by atoms with Crippen LogP contribution in [0.2, 0.25) is 20.1 Å². The van der Waals surface area contributed by atoms with E-state index in [0.717, 1.165) is 0 Å². The van der Waals surface area contributed by atoms with Gasteiger partial charge in [-0.1, -0.05) is 52.5 Å². The third kappa shape index (κ3) is 5.35. The lowest BCUT2D eigenvalue weighted by Crippen LogP contribution is -2.50. The first-order chi connectivity index (χ1) is 13.7. The quantitative estimate of drug-likeness (QED) is 0.671. The molecule has 0 aromatic heterocycles. The second kappa shape index (κ2) is 9.39. The summed E-state index contributed by atoms with van der Waals surface area (Å²) < 4.78 is 27.1. The Hall–Kier alpha value is -1.06. The van der Waals surface area contributed by atoms with Gasteiger partial charge in [-0.15, -0.1) is 0 Å². The van der Waals surface area contributed by atoms with Crippen LogP contribution in [0.3, 0.4) is 0 Å². The van der Waals surface area contributed by atoms with Crippen LogP contribution in [0.25, 0.3) is 0 Å².